The number of aromatic nitrogens is 1. The lowest BCUT2D eigenvalue weighted by molar-refractivity contribution is -0.139. The Morgan fingerprint density at radius 1 is 1.28 bits per heavy atom. The highest BCUT2D eigenvalue weighted by molar-refractivity contribution is 6.34. The van der Waals surface area contributed by atoms with Crippen molar-refractivity contribution in [1.82, 2.24) is 4.98 Å². The SMILES string of the molecule is COC(=O)Cc1cnc2c(c1)CC(c1cc(NC(=O)c3ccco3)ccc1Cl)=N2. The number of furan rings is 1. The lowest BCUT2D eigenvalue weighted by Gasteiger charge is -2.08. The highest BCUT2D eigenvalue weighted by Gasteiger charge is 2.21. The Bertz CT molecular complexity index is 1120. The molecular weight excluding hydrogens is 394 g/mol. The summed E-state index contributed by atoms with van der Waals surface area (Å²) < 4.78 is 9.80. The third-order valence-corrected chi connectivity index (χ3v) is 4.78. The molecular formula is C21H16ClN3O4. The topological polar surface area (TPSA) is 93.8 Å². The van der Waals surface area contributed by atoms with Crippen LogP contribution in [0.4, 0.5) is 11.5 Å². The molecule has 1 aromatic carbocycles. The molecule has 0 radical (unpaired) electrons. The van der Waals surface area contributed by atoms with Crippen LogP contribution in [0.5, 0.6) is 0 Å². The predicted octanol–water partition coefficient (Wildman–Crippen LogP) is 3.97. The van der Waals surface area contributed by atoms with E-state index in [1.807, 2.05) is 6.07 Å². The number of amides is 1. The molecule has 1 amide bonds. The zero-order valence-electron chi connectivity index (χ0n) is 15.4. The summed E-state index contributed by atoms with van der Waals surface area (Å²) in [5.41, 5.74) is 3.68. The predicted molar refractivity (Wildman–Crippen MR) is 108 cm³/mol. The Kier molecular flexibility index (Phi) is 5.14. The molecule has 1 N–H and O–H groups in total. The number of hydrogen-bond acceptors (Lipinski definition) is 6. The van der Waals surface area contributed by atoms with Gasteiger partial charge in [0.2, 0.25) is 0 Å². The molecule has 1 aliphatic heterocycles. The average Bonchev–Trinajstić information content (AvgIpc) is 3.38. The van der Waals surface area contributed by atoms with E-state index in [0.29, 0.717) is 28.5 Å². The van der Waals surface area contributed by atoms with Crippen LogP contribution in [-0.2, 0) is 22.4 Å². The molecule has 2 aromatic heterocycles. The summed E-state index contributed by atoms with van der Waals surface area (Å²) in [6.45, 7) is 0. The van der Waals surface area contributed by atoms with Gasteiger partial charge in [-0.2, -0.15) is 0 Å². The van der Waals surface area contributed by atoms with Gasteiger partial charge in [0.15, 0.2) is 11.6 Å². The summed E-state index contributed by atoms with van der Waals surface area (Å²) in [4.78, 5) is 32.6. The van der Waals surface area contributed by atoms with Crippen LogP contribution < -0.4 is 5.32 Å². The molecule has 0 saturated heterocycles. The van der Waals surface area contributed by atoms with Crippen LogP contribution in [0.15, 0.2) is 58.3 Å². The number of carbonyl (C=O) groups is 2. The number of methoxy groups -OCH3 is 1. The zero-order chi connectivity index (χ0) is 20.4. The van der Waals surface area contributed by atoms with Crippen molar-refractivity contribution in [2.45, 2.75) is 12.8 Å². The number of pyridine rings is 1. The van der Waals surface area contributed by atoms with Crippen LogP contribution in [0.25, 0.3) is 0 Å². The number of anilines is 1. The van der Waals surface area contributed by atoms with Gasteiger partial charge in [0.05, 0.1) is 25.5 Å². The minimum atomic E-state index is -0.353. The standard InChI is InChI=1S/C21H16ClN3O4/c1-28-19(26)8-12-7-13-9-17(25-20(13)23-11-12)15-10-14(4-5-16(15)22)24-21(27)18-3-2-6-29-18/h2-7,10-11H,8-9H2,1H3,(H,24,27). The van der Waals surface area contributed by atoms with Crippen molar-refractivity contribution < 1.29 is 18.7 Å². The quantitative estimate of drug-likeness (QED) is 0.643. The minimum absolute atomic E-state index is 0.154. The van der Waals surface area contributed by atoms with E-state index in [1.54, 1.807) is 36.5 Å². The number of ether oxygens (including phenoxy) is 1. The molecule has 0 atom stereocenters. The molecule has 0 unspecified atom stereocenters. The Labute approximate surface area is 171 Å². The van der Waals surface area contributed by atoms with E-state index < -0.39 is 0 Å². The molecule has 1 aliphatic rings. The fourth-order valence-corrected chi connectivity index (χ4v) is 3.27. The maximum atomic E-state index is 12.2. The van der Waals surface area contributed by atoms with Crippen molar-refractivity contribution in [3.8, 4) is 0 Å². The third-order valence-electron chi connectivity index (χ3n) is 4.45. The lowest BCUT2D eigenvalue weighted by Crippen LogP contribution is -2.12. The summed E-state index contributed by atoms with van der Waals surface area (Å²) in [5.74, 6) is 0.132. The Hall–Kier alpha value is -3.45. The van der Waals surface area contributed by atoms with Crippen molar-refractivity contribution in [2.24, 2.45) is 4.99 Å². The number of nitrogens with one attached hydrogen (secondary N) is 1. The van der Waals surface area contributed by atoms with E-state index in [-0.39, 0.29) is 24.1 Å². The van der Waals surface area contributed by atoms with Crippen molar-refractivity contribution in [2.75, 3.05) is 12.4 Å². The number of nitrogens with zero attached hydrogens (tertiary/aromatic N) is 2. The summed E-state index contributed by atoms with van der Waals surface area (Å²) in [6.07, 6.45) is 3.73. The fourth-order valence-electron chi connectivity index (χ4n) is 3.05. The molecule has 7 nitrogen and oxygen atoms in total. The second-order valence-electron chi connectivity index (χ2n) is 6.44. The summed E-state index contributed by atoms with van der Waals surface area (Å²) in [7, 11) is 1.35. The van der Waals surface area contributed by atoms with Gasteiger partial charge in [-0.1, -0.05) is 11.6 Å². The number of rotatable bonds is 5. The first-order valence-corrected chi connectivity index (χ1v) is 9.18. The van der Waals surface area contributed by atoms with Crippen LogP contribution in [0.2, 0.25) is 5.02 Å². The number of halogens is 1. The molecule has 0 fully saturated rings. The molecule has 0 aliphatic carbocycles. The molecule has 3 heterocycles. The van der Waals surface area contributed by atoms with Gasteiger partial charge >= 0.3 is 5.97 Å². The normalized spacial score (nSPS) is 12.3. The van der Waals surface area contributed by atoms with Gasteiger partial charge in [0.25, 0.3) is 5.91 Å². The van der Waals surface area contributed by atoms with E-state index >= 15 is 0 Å². The number of aliphatic imine (C=N–C) groups is 1. The fraction of sp³-hybridized carbons (Fsp3) is 0.143. The van der Waals surface area contributed by atoms with Crippen LogP contribution in [0.1, 0.15) is 27.2 Å². The van der Waals surface area contributed by atoms with Crippen LogP contribution >= 0.6 is 11.6 Å². The van der Waals surface area contributed by atoms with Crippen molar-refractivity contribution in [3.63, 3.8) is 0 Å². The van der Waals surface area contributed by atoms with Gasteiger partial charge in [-0.05, 0) is 42.0 Å². The number of hydrogen-bond donors (Lipinski definition) is 1. The summed E-state index contributed by atoms with van der Waals surface area (Å²) in [6, 6.07) is 10.3. The molecule has 29 heavy (non-hydrogen) atoms. The van der Waals surface area contributed by atoms with Crippen LogP contribution in [0, 0.1) is 0 Å². The van der Waals surface area contributed by atoms with Crippen molar-refractivity contribution in [1.29, 1.82) is 0 Å². The van der Waals surface area contributed by atoms with E-state index in [0.717, 1.165) is 16.8 Å². The number of fused-ring (bicyclic) bond motifs is 1. The third kappa shape index (κ3) is 4.05. The van der Waals surface area contributed by atoms with E-state index in [9.17, 15) is 9.59 Å². The lowest BCUT2D eigenvalue weighted by atomic mass is 10.0. The summed E-state index contributed by atoms with van der Waals surface area (Å²) in [5, 5.41) is 3.30. The first-order chi connectivity index (χ1) is 14.0. The van der Waals surface area contributed by atoms with E-state index in [4.69, 9.17) is 20.8 Å². The second-order valence-corrected chi connectivity index (χ2v) is 6.85. The van der Waals surface area contributed by atoms with Crippen LogP contribution in [0.3, 0.4) is 0 Å². The molecule has 0 spiro atoms. The monoisotopic (exact) mass is 409 g/mol. The molecule has 146 valence electrons. The molecule has 3 aromatic rings. The number of benzene rings is 1. The Morgan fingerprint density at radius 2 is 2.14 bits per heavy atom. The highest BCUT2D eigenvalue weighted by Crippen LogP contribution is 2.31. The van der Waals surface area contributed by atoms with Gasteiger partial charge in [0, 0.05) is 34.5 Å². The van der Waals surface area contributed by atoms with E-state index in [2.05, 4.69) is 15.3 Å². The maximum absolute atomic E-state index is 12.2. The smallest absolute Gasteiger partial charge is 0.310 e. The van der Waals surface area contributed by atoms with E-state index in [1.165, 1.54) is 13.4 Å². The van der Waals surface area contributed by atoms with Gasteiger partial charge in [-0.3, -0.25) is 9.59 Å². The summed E-state index contributed by atoms with van der Waals surface area (Å²) >= 11 is 6.38. The van der Waals surface area contributed by atoms with Gasteiger partial charge in [-0.15, -0.1) is 0 Å². The average molecular weight is 410 g/mol. The second kappa shape index (κ2) is 7.89. The zero-order valence-corrected chi connectivity index (χ0v) is 16.2. The molecule has 4 rings (SSSR count). The van der Waals surface area contributed by atoms with Crippen molar-refractivity contribution in [3.05, 3.63) is 76.3 Å². The van der Waals surface area contributed by atoms with Crippen LogP contribution in [-0.4, -0.2) is 29.7 Å². The van der Waals surface area contributed by atoms with Crippen molar-refractivity contribution >= 4 is 40.7 Å². The van der Waals surface area contributed by atoms with Gasteiger partial charge < -0.3 is 14.5 Å². The Morgan fingerprint density at radius 3 is 2.90 bits per heavy atom. The first-order valence-electron chi connectivity index (χ1n) is 8.80. The number of carbonyl (C=O) groups excluding carboxylic acids is 2. The first kappa shape index (κ1) is 18.9. The maximum Gasteiger partial charge on any atom is 0.310 e. The molecule has 0 saturated carbocycles. The molecule has 8 heteroatoms. The van der Waals surface area contributed by atoms with Gasteiger partial charge in [0.1, 0.15) is 0 Å². The highest BCUT2D eigenvalue weighted by atomic mass is 35.5. The van der Waals surface area contributed by atoms with Gasteiger partial charge in [-0.25, -0.2) is 9.98 Å². The largest absolute Gasteiger partial charge is 0.469 e. The minimum Gasteiger partial charge on any atom is -0.469 e. The molecule has 0 bridgehead atoms. The Balaban J connectivity index is 1.55. The number of esters is 1.